The van der Waals surface area contributed by atoms with Crippen LogP contribution in [0.2, 0.25) is 0 Å². The predicted molar refractivity (Wildman–Crippen MR) is 125 cm³/mol. The normalized spacial score (nSPS) is 18.8. The molecule has 0 aliphatic carbocycles. The van der Waals surface area contributed by atoms with Gasteiger partial charge in [0.15, 0.2) is 5.96 Å². The smallest absolute Gasteiger partial charge is 0.226 e. The third-order valence-electron chi connectivity index (χ3n) is 5.06. The standard InChI is InChI=1S/C21H29FN4O3.HI/c1-2-23-20(25-14-21(8-11-27)9-12-28-15-21)24-10-7-18-13-29-19(26-18)16-3-5-17(22)6-4-16;/h3-6,13,27H,2,7-12,14-15H2,1H3,(H2,23,24,25);1H. The third-order valence-corrected chi connectivity index (χ3v) is 5.06. The number of aliphatic imine (C=N–C) groups is 1. The van der Waals surface area contributed by atoms with Crippen LogP contribution in [-0.4, -0.2) is 55.5 Å². The molecule has 2 aromatic rings. The minimum absolute atomic E-state index is 0. The van der Waals surface area contributed by atoms with Crippen molar-refractivity contribution in [1.29, 1.82) is 0 Å². The Morgan fingerprint density at radius 2 is 2.10 bits per heavy atom. The number of aromatic nitrogens is 1. The van der Waals surface area contributed by atoms with E-state index in [1.54, 1.807) is 18.4 Å². The molecule has 1 fully saturated rings. The number of benzene rings is 1. The molecule has 9 heteroatoms. The minimum Gasteiger partial charge on any atom is -0.444 e. The molecule has 3 rings (SSSR count). The summed E-state index contributed by atoms with van der Waals surface area (Å²) in [6.07, 6.45) is 3.90. The fourth-order valence-electron chi connectivity index (χ4n) is 3.33. The summed E-state index contributed by atoms with van der Waals surface area (Å²) in [7, 11) is 0. The van der Waals surface area contributed by atoms with E-state index < -0.39 is 0 Å². The first kappa shape index (κ1) is 24.5. The van der Waals surface area contributed by atoms with Crippen molar-refractivity contribution in [3.63, 3.8) is 0 Å². The van der Waals surface area contributed by atoms with Crippen LogP contribution in [0, 0.1) is 11.2 Å². The Balaban J connectivity index is 0.00000320. The highest BCUT2D eigenvalue weighted by Crippen LogP contribution is 2.32. The minimum atomic E-state index is -0.287. The van der Waals surface area contributed by atoms with Gasteiger partial charge in [-0.2, -0.15) is 0 Å². The van der Waals surface area contributed by atoms with Crippen LogP contribution < -0.4 is 10.6 Å². The molecule has 166 valence electrons. The molecule has 1 aliphatic heterocycles. The van der Waals surface area contributed by atoms with Crippen LogP contribution in [0.3, 0.4) is 0 Å². The third kappa shape index (κ3) is 6.92. The molecule has 0 saturated carbocycles. The largest absolute Gasteiger partial charge is 0.444 e. The molecule has 1 unspecified atom stereocenters. The van der Waals surface area contributed by atoms with E-state index in [0.717, 1.165) is 36.8 Å². The fraction of sp³-hybridized carbons (Fsp3) is 0.524. The lowest BCUT2D eigenvalue weighted by molar-refractivity contribution is 0.131. The first-order chi connectivity index (χ1) is 14.1. The van der Waals surface area contributed by atoms with E-state index in [2.05, 4.69) is 15.6 Å². The predicted octanol–water partition coefficient (Wildman–Crippen LogP) is 2.99. The number of hydrogen-bond acceptors (Lipinski definition) is 5. The number of oxazole rings is 1. The summed E-state index contributed by atoms with van der Waals surface area (Å²) in [5.41, 5.74) is 1.48. The van der Waals surface area contributed by atoms with Crippen molar-refractivity contribution < 1.29 is 18.7 Å². The van der Waals surface area contributed by atoms with Gasteiger partial charge in [-0.15, -0.1) is 24.0 Å². The summed E-state index contributed by atoms with van der Waals surface area (Å²) < 4.78 is 24.1. The molecule has 1 saturated heterocycles. The summed E-state index contributed by atoms with van der Waals surface area (Å²) in [6, 6.07) is 6.07. The maximum absolute atomic E-state index is 13.0. The molecule has 30 heavy (non-hydrogen) atoms. The number of rotatable bonds is 9. The zero-order valence-electron chi connectivity index (χ0n) is 17.2. The number of aliphatic hydroxyl groups excluding tert-OH is 1. The zero-order chi connectivity index (χ0) is 20.5. The molecule has 0 amide bonds. The fourth-order valence-corrected chi connectivity index (χ4v) is 3.33. The van der Waals surface area contributed by atoms with E-state index in [9.17, 15) is 9.50 Å². The lowest BCUT2D eigenvalue weighted by atomic mass is 9.84. The molecule has 1 aromatic heterocycles. The van der Waals surface area contributed by atoms with Crippen molar-refractivity contribution in [2.24, 2.45) is 10.4 Å². The first-order valence-electron chi connectivity index (χ1n) is 10.1. The van der Waals surface area contributed by atoms with Crippen LogP contribution >= 0.6 is 24.0 Å². The molecule has 0 bridgehead atoms. The van der Waals surface area contributed by atoms with E-state index >= 15 is 0 Å². The number of nitrogens with zero attached hydrogens (tertiary/aromatic N) is 2. The van der Waals surface area contributed by atoms with Crippen molar-refractivity contribution in [3.05, 3.63) is 42.0 Å². The van der Waals surface area contributed by atoms with Crippen LogP contribution in [0.15, 0.2) is 39.9 Å². The van der Waals surface area contributed by atoms with Crippen molar-refractivity contribution in [2.45, 2.75) is 26.2 Å². The second-order valence-electron chi connectivity index (χ2n) is 7.30. The number of guanidine groups is 1. The second-order valence-corrected chi connectivity index (χ2v) is 7.30. The van der Waals surface area contributed by atoms with Gasteiger partial charge in [-0.1, -0.05) is 0 Å². The van der Waals surface area contributed by atoms with E-state index in [-0.39, 0.29) is 41.8 Å². The Hall–Kier alpha value is -1.72. The number of ether oxygens (including phenoxy) is 1. The lowest BCUT2D eigenvalue weighted by Crippen LogP contribution is -2.39. The number of hydrogen-bond donors (Lipinski definition) is 3. The van der Waals surface area contributed by atoms with Gasteiger partial charge in [0.25, 0.3) is 0 Å². The maximum atomic E-state index is 13.0. The Morgan fingerprint density at radius 3 is 2.77 bits per heavy atom. The molecule has 1 aliphatic rings. The maximum Gasteiger partial charge on any atom is 0.226 e. The zero-order valence-corrected chi connectivity index (χ0v) is 19.5. The Kier molecular flexibility index (Phi) is 9.99. The summed E-state index contributed by atoms with van der Waals surface area (Å²) >= 11 is 0. The van der Waals surface area contributed by atoms with Gasteiger partial charge in [0.05, 0.1) is 18.8 Å². The summed E-state index contributed by atoms with van der Waals surface area (Å²) in [5, 5.41) is 15.9. The van der Waals surface area contributed by atoms with Crippen molar-refractivity contribution in [3.8, 4) is 11.5 Å². The number of nitrogens with one attached hydrogen (secondary N) is 2. The monoisotopic (exact) mass is 532 g/mol. The van der Waals surface area contributed by atoms with Gasteiger partial charge in [0, 0.05) is 43.7 Å². The van der Waals surface area contributed by atoms with Gasteiger partial charge in [0.1, 0.15) is 12.1 Å². The molecule has 1 aromatic carbocycles. The average Bonchev–Trinajstić information content (AvgIpc) is 3.37. The van der Waals surface area contributed by atoms with Gasteiger partial charge >= 0.3 is 0 Å². The van der Waals surface area contributed by atoms with E-state index in [0.29, 0.717) is 38.4 Å². The molecule has 0 spiro atoms. The highest BCUT2D eigenvalue weighted by atomic mass is 127. The Bertz CT molecular complexity index is 792. The summed E-state index contributed by atoms with van der Waals surface area (Å²) in [4.78, 5) is 9.17. The SMILES string of the molecule is CCNC(=NCC1(CCO)CCOC1)NCCc1coc(-c2ccc(F)cc2)n1.I. The highest BCUT2D eigenvalue weighted by Gasteiger charge is 2.34. The Labute approximate surface area is 193 Å². The Morgan fingerprint density at radius 1 is 1.30 bits per heavy atom. The van der Waals surface area contributed by atoms with E-state index in [1.165, 1.54) is 12.1 Å². The topological polar surface area (TPSA) is 91.9 Å². The highest BCUT2D eigenvalue weighted by molar-refractivity contribution is 14.0. The second kappa shape index (κ2) is 12.2. The number of aliphatic hydroxyl groups is 1. The van der Waals surface area contributed by atoms with Crippen molar-refractivity contribution >= 4 is 29.9 Å². The van der Waals surface area contributed by atoms with Crippen LogP contribution in [0.1, 0.15) is 25.5 Å². The van der Waals surface area contributed by atoms with Crippen LogP contribution in [0.25, 0.3) is 11.5 Å². The van der Waals surface area contributed by atoms with Crippen LogP contribution in [-0.2, 0) is 11.2 Å². The van der Waals surface area contributed by atoms with Crippen molar-refractivity contribution in [2.75, 3.05) is 39.5 Å². The van der Waals surface area contributed by atoms with Crippen LogP contribution in [0.4, 0.5) is 4.39 Å². The average molecular weight is 532 g/mol. The van der Waals surface area contributed by atoms with Crippen LogP contribution in [0.5, 0.6) is 0 Å². The molecule has 7 nitrogen and oxygen atoms in total. The van der Waals surface area contributed by atoms with Gasteiger partial charge in [-0.05, 0) is 44.0 Å². The molecule has 0 radical (unpaired) electrons. The number of halogens is 2. The van der Waals surface area contributed by atoms with Gasteiger partial charge in [-0.3, -0.25) is 4.99 Å². The first-order valence-corrected chi connectivity index (χ1v) is 10.1. The molecule has 1 atom stereocenters. The van der Waals surface area contributed by atoms with Gasteiger partial charge in [-0.25, -0.2) is 9.37 Å². The van der Waals surface area contributed by atoms with Gasteiger partial charge in [0.2, 0.25) is 5.89 Å². The van der Waals surface area contributed by atoms with Gasteiger partial charge < -0.3 is 24.9 Å². The summed E-state index contributed by atoms with van der Waals surface area (Å²) in [6.45, 7) is 5.54. The molecule has 3 N–H and O–H groups in total. The van der Waals surface area contributed by atoms with E-state index in [1.807, 2.05) is 6.92 Å². The molecular formula is C21H30FIN4O3. The molecular weight excluding hydrogens is 502 g/mol. The lowest BCUT2D eigenvalue weighted by Gasteiger charge is -2.24. The van der Waals surface area contributed by atoms with E-state index in [4.69, 9.17) is 14.1 Å². The summed E-state index contributed by atoms with van der Waals surface area (Å²) in [5.74, 6) is 0.927. The molecule has 2 heterocycles. The quantitative estimate of drug-likeness (QED) is 0.262. The van der Waals surface area contributed by atoms with Crippen molar-refractivity contribution in [1.82, 2.24) is 15.6 Å².